The van der Waals surface area contributed by atoms with Gasteiger partial charge in [0.2, 0.25) is 0 Å². The molecular formula is C14H16BrNOS. The Kier molecular flexibility index (Phi) is 3.18. The number of hydrogen-bond donors (Lipinski definition) is 2. The lowest BCUT2D eigenvalue weighted by Gasteiger charge is -2.15. The van der Waals surface area contributed by atoms with E-state index in [4.69, 9.17) is 0 Å². The van der Waals surface area contributed by atoms with E-state index in [1.54, 1.807) is 0 Å². The zero-order valence-electron chi connectivity index (χ0n) is 10.1. The van der Waals surface area contributed by atoms with Crippen LogP contribution in [0.15, 0.2) is 27.6 Å². The quantitative estimate of drug-likeness (QED) is 0.813. The van der Waals surface area contributed by atoms with Crippen LogP contribution >= 0.6 is 28.6 Å². The van der Waals surface area contributed by atoms with E-state index in [0.717, 1.165) is 21.8 Å². The van der Waals surface area contributed by atoms with Crippen molar-refractivity contribution in [2.45, 2.75) is 30.6 Å². The van der Waals surface area contributed by atoms with E-state index in [2.05, 4.69) is 33.9 Å². The highest BCUT2D eigenvalue weighted by molar-refractivity contribution is 9.10. The lowest BCUT2D eigenvalue weighted by molar-refractivity contribution is 0.0939. The molecule has 1 aromatic rings. The highest BCUT2D eigenvalue weighted by Gasteiger charge is 2.53. The average molecular weight is 326 g/mol. The minimum Gasteiger partial charge on any atom is -0.351 e. The Morgan fingerprint density at radius 1 is 1.44 bits per heavy atom. The maximum Gasteiger partial charge on any atom is 0.252 e. The third kappa shape index (κ3) is 2.45. The molecule has 0 saturated heterocycles. The first-order valence-electron chi connectivity index (χ1n) is 6.37. The van der Waals surface area contributed by atoms with Crippen LogP contribution in [0.25, 0.3) is 0 Å². The topological polar surface area (TPSA) is 29.1 Å². The third-order valence-corrected chi connectivity index (χ3v) is 5.00. The summed E-state index contributed by atoms with van der Waals surface area (Å²) in [6, 6.07) is 5.55. The van der Waals surface area contributed by atoms with E-state index in [1.165, 1.54) is 25.7 Å². The van der Waals surface area contributed by atoms with Gasteiger partial charge in [-0.05, 0) is 55.2 Å². The van der Waals surface area contributed by atoms with E-state index in [9.17, 15) is 4.79 Å². The summed E-state index contributed by atoms with van der Waals surface area (Å²) in [6.45, 7) is 0.833. The Bertz CT molecular complexity index is 495. The molecule has 0 aliphatic heterocycles. The molecule has 18 heavy (non-hydrogen) atoms. The highest BCUT2D eigenvalue weighted by Crippen LogP contribution is 2.60. The molecule has 0 atom stereocenters. The molecule has 4 heteroatoms. The maximum atomic E-state index is 12.1. The number of hydrogen-bond acceptors (Lipinski definition) is 2. The van der Waals surface area contributed by atoms with Crippen LogP contribution in [0.4, 0.5) is 0 Å². The Morgan fingerprint density at radius 3 is 2.72 bits per heavy atom. The van der Waals surface area contributed by atoms with E-state index < -0.39 is 0 Å². The van der Waals surface area contributed by atoms with Crippen molar-refractivity contribution in [3.63, 3.8) is 0 Å². The van der Waals surface area contributed by atoms with Crippen molar-refractivity contribution >= 4 is 34.5 Å². The number of nitrogens with one attached hydrogen (secondary N) is 1. The number of benzene rings is 1. The van der Waals surface area contributed by atoms with Crippen LogP contribution in [0.1, 0.15) is 36.0 Å². The lowest BCUT2D eigenvalue weighted by atomic mass is 10.0. The molecule has 1 aromatic carbocycles. The number of halogens is 1. The summed E-state index contributed by atoms with van der Waals surface area (Å²) in [4.78, 5) is 12.8. The fourth-order valence-electron chi connectivity index (χ4n) is 2.63. The zero-order valence-corrected chi connectivity index (χ0v) is 12.6. The molecule has 2 saturated carbocycles. The maximum absolute atomic E-state index is 12.1. The molecular weight excluding hydrogens is 310 g/mol. The average Bonchev–Trinajstić information content (AvgIpc) is 3.17. The van der Waals surface area contributed by atoms with Crippen molar-refractivity contribution in [3.8, 4) is 0 Å². The van der Waals surface area contributed by atoms with Gasteiger partial charge in [-0.1, -0.05) is 15.9 Å². The van der Waals surface area contributed by atoms with Crippen LogP contribution < -0.4 is 5.32 Å². The van der Waals surface area contributed by atoms with Gasteiger partial charge < -0.3 is 5.32 Å². The first kappa shape index (κ1) is 12.5. The summed E-state index contributed by atoms with van der Waals surface area (Å²) in [7, 11) is 0. The molecule has 2 aliphatic rings. The summed E-state index contributed by atoms with van der Waals surface area (Å²) >= 11 is 7.72. The fourth-order valence-corrected chi connectivity index (χ4v) is 3.49. The van der Waals surface area contributed by atoms with Crippen molar-refractivity contribution in [3.05, 3.63) is 28.2 Å². The summed E-state index contributed by atoms with van der Waals surface area (Å²) in [5.74, 6) is 0.873. The van der Waals surface area contributed by atoms with Crippen molar-refractivity contribution in [1.82, 2.24) is 5.32 Å². The van der Waals surface area contributed by atoms with Crippen molar-refractivity contribution in [2.24, 2.45) is 11.3 Å². The van der Waals surface area contributed by atoms with Gasteiger partial charge in [-0.3, -0.25) is 4.79 Å². The molecule has 0 heterocycles. The SMILES string of the molecule is O=C(NCC1(C2CC2)CC1)c1ccc(Br)cc1S. The van der Waals surface area contributed by atoms with Crippen molar-refractivity contribution in [2.75, 3.05) is 6.54 Å². The summed E-state index contributed by atoms with van der Waals surface area (Å²) in [5, 5.41) is 3.08. The van der Waals surface area contributed by atoms with E-state index in [0.29, 0.717) is 11.0 Å². The van der Waals surface area contributed by atoms with Gasteiger partial charge in [-0.2, -0.15) is 0 Å². The molecule has 0 spiro atoms. The molecule has 0 unspecified atom stereocenters. The monoisotopic (exact) mass is 325 g/mol. The molecule has 0 aromatic heterocycles. The van der Waals surface area contributed by atoms with Gasteiger partial charge in [-0.25, -0.2) is 0 Å². The lowest BCUT2D eigenvalue weighted by Crippen LogP contribution is -2.31. The Labute approximate surface area is 121 Å². The van der Waals surface area contributed by atoms with Gasteiger partial charge in [0.05, 0.1) is 5.56 Å². The molecule has 2 fully saturated rings. The first-order valence-corrected chi connectivity index (χ1v) is 7.61. The van der Waals surface area contributed by atoms with E-state index >= 15 is 0 Å². The fraction of sp³-hybridized carbons (Fsp3) is 0.500. The Balaban J connectivity index is 1.64. The highest BCUT2D eigenvalue weighted by atomic mass is 79.9. The van der Waals surface area contributed by atoms with Gasteiger partial charge >= 0.3 is 0 Å². The number of thiol groups is 1. The second-order valence-corrected chi connectivity index (χ2v) is 6.88. The molecule has 0 radical (unpaired) electrons. The predicted octanol–water partition coefficient (Wildman–Crippen LogP) is 3.66. The van der Waals surface area contributed by atoms with Crippen LogP contribution in [-0.2, 0) is 0 Å². The van der Waals surface area contributed by atoms with Crippen molar-refractivity contribution < 1.29 is 4.79 Å². The second kappa shape index (κ2) is 4.57. The third-order valence-electron chi connectivity index (χ3n) is 4.14. The van der Waals surface area contributed by atoms with Crippen LogP contribution in [0.2, 0.25) is 0 Å². The number of rotatable bonds is 4. The smallest absolute Gasteiger partial charge is 0.252 e. The van der Waals surface area contributed by atoms with Crippen LogP contribution in [0.5, 0.6) is 0 Å². The van der Waals surface area contributed by atoms with Crippen LogP contribution in [-0.4, -0.2) is 12.5 Å². The van der Waals surface area contributed by atoms with Gasteiger partial charge in [0.1, 0.15) is 0 Å². The molecule has 2 aliphatic carbocycles. The van der Waals surface area contributed by atoms with Gasteiger partial charge in [0, 0.05) is 15.9 Å². The Hall–Kier alpha value is -0.480. The van der Waals surface area contributed by atoms with Gasteiger partial charge in [0.15, 0.2) is 0 Å². The molecule has 1 amide bonds. The van der Waals surface area contributed by atoms with E-state index in [-0.39, 0.29) is 5.91 Å². The van der Waals surface area contributed by atoms with Crippen LogP contribution in [0.3, 0.4) is 0 Å². The molecule has 3 rings (SSSR count). The summed E-state index contributed by atoms with van der Waals surface area (Å²) in [6.07, 6.45) is 5.27. The summed E-state index contributed by atoms with van der Waals surface area (Å²) in [5.41, 5.74) is 1.11. The van der Waals surface area contributed by atoms with Crippen molar-refractivity contribution in [1.29, 1.82) is 0 Å². The number of carbonyl (C=O) groups is 1. The summed E-state index contributed by atoms with van der Waals surface area (Å²) < 4.78 is 0.945. The molecule has 1 N–H and O–H groups in total. The second-order valence-electron chi connectivity index (χ2n) is 5.48. The molecule has 0 bridgehead atoms. The molecule has 2 nitrogen and oxygen atoms in total. The first-order chi connectivity index (χ1) is 8.61. The van der Waals surface area contributed by atoms with E-state index in [1.807, 2.05) is 18.2 Å². The minimum absolute atomic E-state index is 0.000532. The van der Waals surface area contributed by atoms with Gasteiger partial charge in [0.25, 0.3) is 5.91 Å². The largest absolute Gasteiger partial charge is 0.351 e. The van der Waals surface area contributed by atoms with Gasteiger partial charge in [-0.15, -0.1) is 12.6 Å². The minimum atomic E-state index is -0.000532. The standard InChI is InChI=1S/C14H16BrNOS/c15-10-3-4-11(12(18)7-10)13(17)16-8-14(5-6-14)9-1-2-9/h3-4,7,9,18H,1-2,5-6,8H2,(H,16,17). The zero-order chi connectivity index (χ0) is 12.8. The van der Waals surface area contributed by atoms with Crippen LogP contribution in [0, 0.1) is 11.3 Å². The number of carbonyl (C=O) groups excluding carboxylic acids is 1. The number of amides is 1. The Morgan fingerprint density at radius 2 is 2.17 bits per heavy atom. The predicted molar refractivity (Wildman–Crippen MR) is 78.1 cm³/mol. The molecule has 96 valence electrons. The normalized spacial score (nSPS) is 20.6.